The van der Waals surface area contributed by atoms with Crippen LogP contribution in [0.5, 0.6) is 0 Å². The van der Waals surface area contributed by atoms with Crippen molar-refractivity contribution in [2.75, 3.05) is 13.1 Å². The zero-order chi connectivity index (χ0) is 14.0. The first-order valence-electron chi connectivity index (χ1n) is 7.44. The Bertz CT molecular complexity index is 402. The lowest BCUT2D eigenvalue weighted by atomic mass is 9.96. The molecule has 3 unspecified atom stereocenters. The third-order valence-corrected chi connectivity index (χ3v) is 5.36. The Morgan fingerprint density at radius 2 is 2.21 bits per heavy atom. The van der Waals surface area contributed by atoms with E-state index < -0.39 is 0 Å². The second-order valence-electron chi connectivity index (χ2n) is 6.02. The summed E-state index contributed by atoms with van der Waals surface area (Å²) in [6.07, 6.45) is 1.20. The molecule has 2 heterocycles. The summed E-state index contributed by atoms with van der Waals surface area (Å²) in [6.45, 7) is 13.6. The van der Waals surface area contributed by atoms with Crippen LogP contribution in [0.2, 0.25) is 0 Å². The average Bonchev–Trinajstić information content (AvgIpc) is 2.83. The molecule has 0 aliphatic carbocycles. The van der Waals surface area contributed by atoms with Gasteiger partial charge in [0.15, 0.2) is 0 Å². The lowest BCUT2D eigenvalue weighted by molar-refractivity contribution is 0.0609. The fraction of sp³-hybridized carbons (Fsp3) is 0.800. The maximum atomic E-state index is 4.69. The van der Waals surface area contributed by atoms with Crippen LogP contribution < -0.4 is 5.32 Å². The first-order valence-corrected chi connectivity index (χ1v) is 8.32. The lowest BCUT2D eigenvalue weighted by Crippen LogP contribution is -2.58. The van der Waals surface area contributed by atoms with Crippen molar-refractivity contribution in [1.29, 1.82) is 0 Å². The molecule has 1 N–H and O–H groups in total. The normalized spacial score (nSPS) is 26.8. The van der Waals surface area contributed by atoms with E-state index in [4.69, 9.17) is 0 Å². The van der Waals surface area contributed by atoms with Crippen LogP contribution in [0.3, 0.4) is 0 Å². The number of aryl methyl sites for hydroxylation is 1. The fourth-order valence-corrected chi connectivity index (χ4v) is 3.78. The molecule has 0 aromatic carbocycles. The number of hydrogen-bond acceptors (Lipinski definition) is 4. The van der Waals surface area contributed by atoms with Crippen molar-refractivity contribution >= 4 is 11.3 Å². The molecule has 1 aliphatic rings. The van der Waals surface area contributed by atoms with E-state index in [1.54, 1.807) is 11.3 Å². The topological polar surface area (TPSA) is 28.2 Å². The number of piperazine rings is 1. The molecule has 1 saturated heterocycles. The smallest absolute Gasteiger partial charge is 0.110 e. The highest BCUT2D eigenvalue weighted by molar-refractivity contribution is 7.09. The highest BCUT2D eigenvalue weighted by atomic mass is 32.1. The summed E-state index contributed by atoms with van der Waals surface area (Å²) in [5, 5.41) is 7.11. The van der Waals surface area contributed by atoms with Gasteiger partial charge in [-0.3, -0.25) is 4.90 Å². The van der Waals surface area contributed by atoms with E-state index in [0.717, 1.165) is 18.8 Å². The number of aromatic nitrogens is 1. The van der Waals surface area contributed by atoms with Crippen molar-refractivity contribution in [3.05, 3.63) is 16.1 Å². The van der Waals surface area contributed by atoms with Crippen LogP contribution in [0.25, 0.3) is 0 Å². The predicted octanol–water partition coefficient (Wildman–Crippen LogP) is 3.22. The number of hydrogen-bond donors (Lipinski definition) is 1. The molecule has 0 bridgehead atoms. The monoisotopic (exact) mass is 281 g/mol. The molecule has 1 aliphatic heterocycles. The van der Waals surface area contributed by atoms with Crippen LogP contribution in [0.1, 0.15) is 50.9 Å². The minimum atomic E-state index is 0.433. The van der Waals surface area contributed by atoms with Gasteiger partial charge < -0.3 is 5.32 Å². The van der Waals surface area contributed by atoms with Gasteiger partial charge in [-0.1, -0.05) is 20.8 Å². The Balaban J connectivity index is 2.16. The molecule has 0 amide bonds. The van der Waals surface area contributed by atoms with Gasteiger partial charge >= 0.3 is 0 Å². The Labute approximate surface area is 121 Å². The lowest BCUT2D eigenvalue weighted by Gasteiger charge is -2.44. The average molecular weight is 281 g/mol. The molecule has 4 heteroatoms. The summed E-state index contributed by atoms with van der Waals surface area (Å²) in [5.41, 5.74) is 1.15. The van der Waals surface area contributed by atoms with E-state index in [1.165, 1.54) is 11.4 Å². The van der Waals surface area contributed by atoms with Crippen molar-refractivity contribution in [2.24, 2.45) is 5.92 Å². The Morgan fingerprint density at radius 3 is 2.74 bits per heavy atom. The number of nitrogens with zero attached hydrogens (tertiary/aromatic N) is 2. The molecule has 19 heavy (non-hydrogen) atoms. The van der Waals surface area contributed by atoms with Crippen molar-refractivity contribution < 1.29 is 0 Å². The molecular weight excluding hydrogens is 254 g/mol. The summed E-state index contributed by atoms with van der Waals surface area (Å²) >= 11 is 1.80. The highest BCUT2D eigenvalue weighted by Crippen LogP contribution is 2.29. The Kier molecular flexibility index (Phi) is 4.98. The molecule has 0 spiro atoms. The second kappa shape index (κ2) is 6.33. The molecule has 1 fully saturated rings. The second-order valence-corrected chi connectivity index (χ2v) is 6.91. The highest BCUT2D eigenvalue weighted by Gasteiger charge is 2.33. The minimum Gasteiger partial charge on any atom is -0.311 e. The van der Waals surface area contributed by atoms with Gasteiger partial charge in [0.2, 0.25) is 0 Å². The Hall–Kier alpha value is -0.450. The van der Waals surface area contributed by atoms with E-state index in [0.29, 0.717) is 24.0 Å². The molecular formula is C15H27N3S. The van der Waals surface area contributed by atoms with Gasteiger partial charge in [0.05, 0.1) is 6.04 Å². The van der Waals surface area contributed by atoms with Crippen LogP contribution in [0.15, 0.2) is 5.38 Å². The quantitative estimate of drug-likeness (QED) is 0.918. The number of thiazole rings is 1. The van der Waals surface area contributed by atoms with E-state index >= 15 is 0 Å². The summed E-state index contributed by atoms with van der Waals surface area (Å²) in [6, 6.07) is 1.67. The molecule has 0 saturated carbocycles. The van der Waals surface area contributed by atoms with E-state index in [1.807, 2.05) is 0 Å². The van der Waals surface area contributed by atoms with Crippen molar-refractivity contribution in [2.45, 2.75) is 59.2 Å². The zero-order valence-electron chi connectivity index (χ0n) is 12.8. The van der Waals surface area contributed by atoms with Crippen LogP contribution >= 0.6 is 11.3 Å². The molecule has 2 rings (SSSR count). The van der Waals surface area contributed by atoms with Crippen LogP contribution in [-0.4, -0.2) is 35.1 Å². The third-order valence-electron chi connectivity index (χ3n) is 4.23. The van der Waals surface area contributed by atoms with Gasteiger partial charge in [-0.15, -0.1) is 11.3 Å². The van der Waals surface area contributed by atoms with E-state index in [2.05, 4.69) is 55.2 Å². The molecule has 3 nitrogen and oxygen atoms in total. The van der Waals surface area contributed by atoms with Crippen LogP contribution in [0.4, 0.5) is 0 Å². The summed E-state index contributed by atoms with van der Waals surface area (Å²) in [4.78, 5) is 7.35. The summed E-state index contributed by atoms with van der Waals surface area (Å²) in [5.74, 6) is 0.675. The molecule has 0 radical (unpaired) electrons. The largest absolute Gasteiger partial charge is 0.311 e. The number of nitrogens with one attached hydrogen (secondary N) is 1. The van der Waals surface area contributed by atoms with Crippen molar-refractivity contribution in [3.63, 3.8) is 0 Å². The van der Waals surface area contributed by atoms with Gasteiger partial charge in [0.1, 0.15) is 5.01 Å². The van der Waals surface area contributed by atoms with E-state index in [-0.39, 0.29) is 0 Å². The van der Waals surface area contributed by atoms with Gasteiger partial charge in [-0.25, -0.2) is 4.98 Å². The van der Waals surface area contributed by atoms with Crippen LogP contribution in [0, 0.1) is 12.8 Å². The molecule has 1 aromatic heterocycles. The molecule has 1 aromatic rings. The summed E-state index contributed by atoms with van der Waals surface area (Å²) in [7, 11) is 0. The van der Waals surface area contributed by atoms with Crippen molar-refractivity contribution in [3.8, 4) is 0 Å². The van der Waals surface area contributed by atoms with E-state index in [9.17, 15) is 0 Å². The third kappa shape index (κ3) is 3.36. The SMILES string of the molecule is CCC1CN(C(C)c2nc(C)cs2)C(C(C)C)CN1. The zero-order valence-corrected chi connectivity index (χ0v) is 13.6. The predicted molar refractivity (Wildman–Crippen MR) is 82.7 cm³/mol. The van der Waals surface area contributed by atoms with Crippen molar-refractivity contribution in [1.82, 2.24) is 15.2 Å². The maximum absolute atomic E-state index is 4.69. The molecule has 108 valence electrons. The Morgan fingerprint density at radius 1 is 1.47 bits per heavy atom. The first-order chi connectivity index (χ1) is 9.02. The summed E-state index contributed by atoms with van der Waals surface area (Å²) < 4.78 is 0. The standard InChI is InChI=1S/C15H27N3S/c1-6-13-8-18(14(7-16-13)10(2)3)12(5)15-17-11(4)9-19-15/h9-10,12-14,16H,6-8H2,1-5H3. The van der Waals surface area contributed by atoms with Crippen LogP contribution in [-0.2, 0) is 0 Å². The fourth-order valence-electron chi connectivity index (χ4n) is 2.90. The minimum absolute atomic E-state index is 0.433. The van der Waals surface area contributed by atoms with Gasteiger partial charge in [-0.2, -0.15) is 0 Å². The number of rotatable bonds is 4. The molecule has 3 atom stereocenters. The maximum Gasteiger partial charge on any atom is 0.110 e. The van der Waals surface area contributed by atoms with Gasteiger partial charge in [0, 0.05) is 36.2 Å². The van der Waals surface area contributed by atoms with Gasteiger partial charge in [-0.05, 0) is 26.2 Å². The first kappa shape index (κ1) is 14.9. The van der Waals surface area contributed by atoms with Gasteiger partial charge in [0.25, 0.3) is 0 Å².